The van der Waals surface area contributed by atoms with Crippen molar-refractivity contribution < 1.29 is 13.9 Å². The van der Waals surface area contributed by atoms with Crippen LogP contribution in [0, 0.1) is 17.1 Å². The number of hydrogen-bond acceptors (Lipinski definition) is 3. The first-order valence-electron chi connectivity index (χ1n) is 9.20. The van der Waals surface area contributed by atoms with Crippen LogP contribution in [-0.4, -0.2) is 13.0 Å². The summed E-state index contributed by atoms with van der Waals surface area (Å²) in [6, 6.07) is 18.3. The van der Waals surface area contributed by atoms with Crippen LogP contribution in [0.5, 0.6) is 5.75 Å². The molecule has 0 radical (unpaired) electrons. The van der Waals surface area contributed by atoms with Gasteiger partial charge in [0.25, 0.3) is 5.91 Å². The van der Waals surface area contributed by atoms with Crippen molar-refractivity contribution in [1.82, 2.24) is 0 Å². The number of nitrogens with zero attached hydrogens (tertiary/aromatic N) is 1. The van der Waals surface area contributed by atoms with Crippen molar-refractivity contribution in [1.29, 1.82) is 5.26 Å². The number of rotatable bonds is 6. The quantitative estimate of drug-likeness (QED) is 0.352. The molecule has 0 heterocycles. The number of methoxy groups -OCH3 is 1. The second kappa shape index (κ2) is 10.1. The van der Waals surface area contributed by atoms with E-state index < -0.39 is 11.7 Å². The number of anilines is 1. The SMILES string of the molecule is COc1cc(/C=C(\C#N)C(=O)Nc2ccccc2F)cc(Cl)c1Cc1ccccc1Cl. The minimum absolute atomic E-state index is 0.0145. The Bertz CT molecular complexity index is 1200. The molecular weight excluding hydrogens is 438 g/mol. The molecule has 0 aliphatic carbocycles. The molecule has 0 aliphatic rings. The molecule has 3 aromatic rings. The number of ether oxygens (including phenoxy) is 1. The van der Waals surface area contributed by atoms with Crippen molar-refractivity contribution in [3.8, 4) is 11.8 Å². The van der Waals surface area contributed by atoms with Gasteiger partial charge in [0.15, 0.2) is 0 Å². The first-order chi connectivity index (χ1) is 14.9. The lowest BCUT2D eigenvalue weighted by atomic mass is 10.0. The zero-order valence-electron chi connectivity index (χ0n) is 16.5. The molecule has 156 valence electrons. The number of amides is 1. The lowest BCUT2D eigenvalue weighted by Crippen LogP contribution is -2.14. The minimum Gasteiger partial charge on any atom is -0.496 e. The van der Waals surface area contributed by atoms with Gasteiger partial charge in [-0.1, -0.05) is 53.5 Å². The van der Waals surface area contributed by atoms with Crippen LogP contribution in [0.1, 0.15) is 16.7 Å². The molecular formula is C24H17Cl2FN2O2. The summed E-state index contributed by atoms with van der Waals surface area (Å²) < 4.78 is 19.3. The van der Waals surface area contributed by atoms with Crippen LogP contribution >= 0.6 is 23.2 Å². The van der Waals surface area contributed by atoms with Crippen molar-refractivity contribution in [3.05, 3.63) is 98.8 Å². The summed E-state index contributed by atoms with van der Waals surface area (Å²) in [5.41, 5.74) is 1.88. The van der Waals surface area contributed by atoms with E-state index in [1.807, 2.05) is 24.3 Å². The maximum absolute atomic E-state index is 13.8. The second-order valence-electron chi connectivity index (χ2n) is 6.56. The molecule has 4 nitrogen and oxygen atoms in total. The van der Waals surface area contributed by atoms with E-state index in [-0.39, 0.29) is 11.3 Å². The van der Waals surface area contributed by atoms with Gasteiger partial charge < -0.3 is 10.1 Å². The number of hydrogen-bond donors (Lipinski definition) is 1. The van der Waals surface area contributed by atoms with Crippen LogP contribution in [0.3, 0.4) is 0 Å². The number of nitriles is 1. The third-order valence-corrected chi connectivity index (χ3v) is 5.23. The van der Waals surface area contributed by atoms with E-state index in [1.54, 1.807) is 24.3 Å². The summed E-state index contributed by atoms with van der Waals surface area (Å²) in [5.74, 6) is -0.838. The van der Waals surface area contributed by atoms with Crippen LogP contribution < -0.4 is 10.1 Å². The molecule has 7 heteroatoms. The first kappa shape index (κ1) is 22.4. The molecule has 3 aromatic carbocycles. The maximum atomic E-state index is 13.8. The van der Waals surface area contributed by atoms with Gasteiger partial charge in [0.05, 0.1) is 12.8 Å². The third kappa shape index (κ3) is 5.43. The van der Waals surface area contributed by atoms with Crippen LogP contribution in [0.15, 0.2) is 66.2 Å². The summed E-state index contributed by atoms with van der Waals surface area (Å²) in [7, 11) is 1.51. The molecule has 0 unspecified atom stereocenters. The van der Waals surface area contributed by atoms with E-state index in [0.717, 1.165) is 11.1 Å². The molecule has 0 bridgehead atoms. The smallest absolute Gasteiger partial charge is 0.266 e. The summed E-state index contributed by atoms with van der Waals surface area (Å²) in [6.07, 6.45) is 1.81. The maximum Gasteiger partial charge on any atom is 0.266 e. The molecule has 0 fully saturated rings. The Morgan fingerprint density at radius 3 is 2.52 bits per heavy atom. The molecule has 31 heavy (non-hydrogen) atoms. The number of benzene rings is 3. The van der Waals surface area contributed by atoms with Gasteiger partial charge in [0.2, 0.25) is 0 Å². The fourth-order valence-electron chi connectivity index (χ4n) is 2.97. The molecule has 0 saturated heterocycles. The highest BCUT2D eigenvalue weighted by atomic mass is 35.5. The molecule has 3 rings (SSSR count). The van der Waals surface area contributed by atoms with Gasteiger partial charge in [-0.3, -0.25) is 4.79 Å². The zero-order chi connectivity index (χ0) is 22.4. The van der Waals surface area contributed by atoms with E-state index in [2.05, 4.69) is 5.32 Å². The molecule has 0 atom stereocenters. The van der Waals surface area contributed by atoms with Gasteiger partial charge in [-0.25, -0.2) is 4.39 Å². The Balaban J connectivity index is 1.91. The topological polar surface area (TPSA) is 62.1 Å². The predicted octanol–water partition coefficient (Wildman–Crippen LogP) is 6.28. The number of para-hydroxylation sites is 1. The Morgan fingerprint density at radius 1 is 1.13 bits per heavy atom. The van der Waals surface area contributed by atoms with Crippen molar-refractivity contribution >= 4 is 40.9 Å². The average molecular weight is 455 g/mol. The normalized spacial score (nSPS) is 11.0. The van der Waals surface area contributed by atoms with Crippen LogP contribution in [0.4, 0.5) is 10.1 Å². The van der Waals surface area contributed by atoms with Crippen LogP contribution in [0.2, 0.25) is 10.0 Å². The fourth-order valence-corrected chi connectivity index (χ4v) is 3.46. The first-order valence-corrected chi connectivity index (χ1v) is 9.96. The monoisotopic (exact) mass is 454 g/mol. The third-order valence-electron chi connectivity index (χ3n) is 4.52. The van der Waals surface area contributed by atoms with E-state index >= 15 is 0 Å². The van der Waals surface area contributed by atoms with Crippen molar-refractivity contribution in [2.45, 2.75) is 6.42 Å². The largest absolute Gasteiger partial charge is 0.496 e. The minimum atomic E-state index is -0.733. The number of halogens is 3. The highest BCUT2D eigenvalue weighted by Gasteiger charge is 2.15. The highest BCUT2D eigenvalue weighted by Crippen LogP contribution is 2.33. The van der Waals surface area contributed by atoms with E-state index in [0.29, 0.717) is 27.8 Å². The molecule has 1 N–H and O–H groups in total. The highest BCUT2D eigenvalue weighted by molar-refractivity contribution is 6.32. The van der Waals surface area contributed by atoms with Gasteiger partial charge >= 0.3 is 0 Å². The van der Waals surface area contributed by atoms with Gasteiger partial charge in [-0.2, -0.15) is 5.26 Å². The lowest BCUT2D eigenvalue weighted by molar-refractivity contribution is -0.112. The van der Waals surface area contributed by atoms with E-state index in [1.165, 1.54) is 31.4 Å². The Labute approximate surface area is 189 Å². The lowest BCUT2D eigenvalue weighted by Gasteiger charge is -2.13. The molecule has 0 aliphatic heterocycles. The number of carbonyl (C=O) groups excluding carboxylic acids is 1. The van der Waals surface area contributed by atoms with Gasteiger partial charge in [-0.15, -0.1) is 0 Å². The Kier molecular flexibility index (Phi) is 7.30. The van der Waals surface area contributed by atoms with E-state index in [9.17, 15) is 14.4 Å². The Hall–Kier alpha value is -3.33. The summed E-state index contributed by atoms with van der Waals surface area (Å²) in [5, 5.41) is 12.8. The standard InChI is InChI=1S/C24H17Cl2FN2O2/c1-31-23-12-15(11-20(26)18(23)13-16-6-2-3-7-19(16)25)10-17(14-28)24(30)29-22-9-5-4-8-21(22)27/h2-12H,13H2,1H3,(H,29,30)/b17-10+. The zero-order valence-corrected chi connectivity index (χ0v) is 18.0. The second-order valence-corrected chi connectivity index (χ2v) is 7.37. The van der Waals surface area contributed by atoms with Gasteiger partial charge in [0, 0.05) is 22.0 Å². The summed E-state index contributed by atoms with van der Waals surface area (Å²) >= 11 is 12.7. The van der Waals surface area contributed by atoms with Crippen molar-refractivity contribution in [2.75, 3.05) is 12.4 Å². The van der Waals surface area contributed by atoms with Crippen LogP contribution in [-0.2, 0) is 11.2 Å². The van der Waals surface area contributed by atoms with Crippen molar-refractivity contribution in [3.63, 3.8) is 0 Å². The number of nitrogens with one attached hydrogen (secondary N) is 1. The molecule has 0 spiro atoms. The van der Waals surface area contributed by atoms with Crippen molar-refractivity contribution in [2.24, 2.45) is 0 Å². The Morgan fingerprint density at radius 2 is 1.84 bits per heavy atom. The molecule has 0 aromatic heterocycles. The van der Waals surface area contributed by atoms with Gasteiger partial charge in [-0.05, 0) is 47.5 Å². The van der Waals surface area contributed by atoms with E-state index in [4.69, 9.17) is 27.9 Å². The fraction of sp³-hybridized carbons (Fsp3) is 0.0833. The summed E-state index contributed by atoms with van der Waals surface area (Å²) in [4.78, 5) is 12.4. The number of carbonyl (C=O) groups is 1. The molecule has 0 saturated carbocycles. The van der Waals surface area contributed by atoms with Gasteiger partial charge in [0.1, 0.15) is 23.2 Å². The average Bonchev–Trinajstić information content (AvgIpc) is 2.76. The summed E-state index contributed by atoms with van der Waals surface area (Å²) in [6.45, 7) is 0. The predicted molar refractivity (Wildman–Crippen MR) is 121 cm³/mol. The van der Waals surface area contributed by atoms with Crippen LogP contribution in [0.25, 0.3) is 6.08 Å². The molecule has 1 amide bonds.